The molecule has 0 spiro atoms. The number of hydrogen-bond acceptors (Lipinski definition) is 4. The molecule has 4 nitrogen and oxygen atoms in total. The molecule has 23 heavy (non-hydrogen) atoms. The number of anilines is 1. The Balaban J connectivity index is 2.15. The summed E-state index contributed by atoms with van der Waals surface area (Å²) < 4.78 is 23.7. The SMILES string of the molecule is Cc1ccccc1NC(=O)C(C)Sc1ccccc1S(C)(=O)=O. The lowest BCUT2D eigenvalue weighted by Crippen LogP contribution is -2.23. The molecule has 6 heteroatoms. The molecule has 0 radical (unpaired) electrons. The number of benzene rings is 2. The quantitative estimate of drug-likeness (QED) is 0.839. The van der Waals surface area contributed by atoms with Crippen LogP contribution in [0.2, 0.25) is 0 Å². The molecule has 0 bridgehead atoms. The average Bonchev–Trinajstić information content (AvgIpc) is 2.49. The minimum Gasteiger partial charge on any atom is -0.325 e. The molecule has 1 atom stereocenters. The van der Waals surface area contributed by atoms with E-state index in [1.165, 1.54) is 18.0 Å². The molecule has 1 amide bonds. The molecule has 0 aliphatic rings. The summed E-state index contributed by atoms with van der Waals surface area (Å²) in [4.78, 5) is 13.2. The third-order valence-corrected chi connectivity index (χ3v) is 5.79. The summed E-state index contributed by atoms with van der Waals surface area (Å²) in [6, 6.07) is 14.3. The second kappa shape index (κ2) is 7.19. The Hall–Kier alpha value is -1.79. The summed E-state index contributed by atoms with van der Waals surface area (Å²) in [5.41, 5.74) is 1.75. The van der Waals surface area contributed by atoms with Gasteiger partial charge in [0.2, 0.25) is 5.91 Å². The molecule has 0 aromatic heterocycles. The van der Waals surface area contributed by atoms with E-state index in [0.29, 0.717) is 4.90 Å². The van der Waals surface area contributed by atoms with Crippen LogP contribution in [-0.4, -0.2) is 25.8 Å². The van der Waals surface area contributed by atoms with E-state index in [2.05, 4.69) is 5.32 Å². The second-order valence-electron chi connectivity index (χ2n) is 5.28. The van der Waals surface area contributed by atoms with E-state index >= 15 is 0 Å². The standard InChI is InChI=1S/C17H19NO3S2/c1-12-8-4-5-9-14(12)18-17(19)13(2)22-15-10-6-7-11-16(15)23(3,20)21/h4-11,13H,1-3H3,(H,18,19). The lowest BCUT2D eigenvalue weighted by atomic mass is 10.2. The first-order chi connectivity index (χ1) is 10.8. The third-order valence-electron chi connectivity index (χ3n) is 3.32. The van der Waals surface area contributed by atoms with Crippen molar-refractivity contribution in [2.45, 2.75) is 28.9 Å². The number of hydrogen-bond donors (Lipinski definition) is 1. The van der Waals surface area contributed by atoms with Crippen molar-refractivity contribution in [1.29, 1.82) is 0 Å². The van der Waals surface area contributed by atoms with Gasteiger partial charge in [0.05, 0.1) is 10.1 Å². The van der Waals surface area contributed by atoms with Crippen molar-refractivity contribution in [2.75, 3.05) is 11.6 Å². The lowest BCUT2D eigenvalue weighted by molar-refractivity contribution is -0.115. The summed E-state index contributed by atoms with van der Waals surface area (Å²) in [6.45, 7) is 3.68. The van der Waals surface area contributed by atoms with Gasteiger partial charge in [-0.1, -0.05) is 30.3 Å². The smallest absolute Gasteiger partial charge is 0.237 e. The van der Waals surface area contributed by atoms with E-state index in [1.54, 1.807) is 31.2 Å². The van der Waals surface area contributed by atoms with Gasteiger partial charge in [-0.05, 0) is 37.6 Å². The molecule has 2 aromatic rings. The van der Waals surface area contributed by atoms with Crippen molar-refractivity contribution in [2.24, 2.45) is 0 Å². The van der Waals surface area contributed by atoms with Crippen LogP contribution >= 0.6 is 11.8 Å². The highest BCUT2D eigenvalue weighted by atomic mass is 32.2. The van der Waals surface area contributed by atoms with Crippen molar-refractivity contribution in [3.8, 4) is 0 Å². The average molecular weight is 349 g/mol. The number of carbonyl (C=O) groups is 1. The van der Waals surface area contributed by atoms with E-state index in [-0.39, 0.29) is 10.8 Å². The molecule has 122 valence electrons. The molecular weight excluding hydrogens is 330 g/mol. The van der Waals surface area contributed by atoms with Crippen molar-refractivity contribution >= 4 is 33.2 Å². The summed E-state index contributed by atoms with van der Waals surface area (Å²) in [5.74, 6) is -0.160. The number of carbonyl (C=O) groups excluding carboxylic acids is 1. The van der Waals surface area contributed by atoms with Crippen molar-refractivity contribution in [3.05, 3.63) is 54.1 Å². The molecule has 0 saturated heterocycles. The Kier molecular flexibility index (Phi) is 5.49. The summed E-state index contributed by atoms with van der Waals surface area (Å²) in [7, 11) is -3.32. The maximum atomic E-state index is 12.3. The molecule has 0 heterocycles. The van der Waals surface area contributed by atoms with Gasteiger partial charge in [-0.25, -0.2) is 8.42 Å². The topological polar surface area (TPSA) is 63.2 Å². The van der Waals surface area contributed by atoms with Crippen molar-refractivity contribution in [1.82, 2.24) is 0 Å². The number of sulfone groups is 1. The third kappa shape index (κ3) is 4.59. The maximum absolute atomic E-state index is 12.3. The van der Waals surface area contributed by atoms with Crippen LogP contribution in [0.15, 0.2) is 58.3 Å². The van der Waals surface area contributed by atoms with Gasteiger partial charge in [-0.3, -0.25) is 4.79 Å². The van der Waals surface area contributed by atoms with E-state index in [1.807, 2.05) is 31.2 Å². The van der Waals surface area contributed by atoms with E-state index in [0.717, 1.165) is 11.3 Å². The zero-order valence-corrected chi connectivity index (χ0v) is 14.9. The number of nitrogens with one attached hydrogen (secondary N) is 1. The number of amides is 1. The fraction of sp³-hybridized carbons (Fsp3) is 0.235. The van der Waals surface area contributed by atoms with E-state index in [4.69, 9.17) is 0 Å². The van der Waals surface area contributed by atoms with Gasteiger partial charge in [0.15, 0.2) is 9.84 Å². The molecule has 0 saturated carbocycles. The molecule has 1 unspecified atom stereocenters. The highest BCUT2D eigenvalue weighted by Gasteiger charge is 2.19. The predicted molar refractivity (Wildman–Crippen MR) is 94.7 cm³/mol. The van der Waals surface area contributed by atoms with Gasteiger partial charge < -0.3 is 5.32 Å². The maximum Gasteiger partial charge on any atom is 0.237 e. The summed E-state index contributed by atoms with van der Waals surface area (Å²) in [5, 5.41) is 2.46. The van der Waals surface area contributed by atoms with Gasteiger partial charge >= 0.3 is 0 Å². The zero-order valence-electron chi connectivity index (χ0n) is 13.2. The van der Waals surface area contributed by atoms with E-state index < -0.39 is 15.1 Å². The number of rotatable bonds is 5. The van der Waals surface area contributed by atoms with Crippen LogP contribution in [0.5, 0.6) is 0 Å². The Bertz CT molecular complexity index is 816. The Morgan fingerprint density at radius 3 is 2.35 bits per heavy atom. The van der Waals surface area contributed by atoms with Crippen molar-refractivity contribution < 1.29 is 13.2 Å². The normalized spacial score (nSPS) is 12.7. The second-order valence-corrected chi connectivity index (χ2v) is 8.65. The number of aryl methyl sites for hydroxylation is 1. The number of thioether (sulfide) groups is 1. The van der Waals surface area contributed by atoms with Crippen LogP contribution in [0, 0.1) is 6.92 Å². The lowest BCUT2D eigenvalue weighted by Gasteiger charge is -2.15. The predicted octanol–water partition coefficient (Wildman–Crippen LogP) is 3.52. The van der Waals surface area contributed by atoms with E-state index in [9.17, 15) is 13.2 Å². The Labute approximate surface area is 141 Å². The van der Waals surface area contributed by atoms with Crippen LogP contribution in [0.3, 0.4) is 0 Å². The first-order valence-corrected chi connectivity index (χ1v) is 9.88. The fourth-order valence-corrected chi connectivity index (χ4v) is 4.29. The summed E-state index contributed by atoms with van der Waals surface area (Å²) in [6.07, 6.45) is 1.17. The molecule has 2 rings (SSSR count). The molecule has 2 aromatic carbocycles. The minimum absolute atomic E-state index is 0.160. The van der Waals surface area contributed by atoms with Crippen LogP contribution in [-0.2, 0) is 14.6 Å². The number of para-hydroxylation sites is 1. The molecule has 0 aliphatic carbocycles. The highest BCUT2D eigenvalue weighted by molar-refractivity contribution is 8.01. The summed E-state index contributed by atoms with van der Waals surface area (Å²) >= 11 is 1.24. The van der Waals surface area contributed by atoms with Crippen LogP contribution < -0.4 is 5.32 Å². The van der Waals surface area contributed by atoms with Crippen LogP contribution in [0.25, 0.3) is 0 Å². The van der Waals surface area contributed by atoms with Crippen LogP contribution in [0.1, 0.15) is 12.5 Å². The largest absolute Gasteiger partial charge is 0.325 e. The van der Waals surface area contributed by atoms with Gasteiger partial charge in [-0.2, -0.15) is 0 Å². The first kappa shape index (κ1) is 17.6. The minimum atomic E-state index is -3.32. The van der Waals surface area contributed by atoms with Crippen molar-refractivity contribution in [3.63, 3.8) is 0 Å². The molecule has 0 fully saturated rings. The fourth-order valence-electron chi connectivity index (χ4n) is 2.05. The highest BCUT2D eigenvalue weighted by Crippen LogP contribution is 2.30. The molecule has 0 aliphatic heterocycles. The Morgan fingerprint density at radius 1 is 1.09 bits per heavy atom. The monoisotopic (exact) mass is 349 g/mol. The zero-order chi connectivity index (χ0) is 17.0. The first-order valence-electron chi connectivity index (χ1n) is 7.11. The molecule has 1 N–H and O–H groups in total. The molecular formula is C17H19NO3S2. The van der Waals surface area contributed by atoms with Gasteiger partial charge in [0.1, 0.15) is 0 Å². The van der Waals surface area contributed by atoms with Gasteiger partial charge in [0.25, 0.3) is 0 Å². The Morgan fingerprint density at radius 2 is 1.70 bits per heavy atom. The van der Waals surface area contributed by atoms with Gasteiger partial charge in [-0.15, -0.1) is 11.8 Å². The van der Waals surface area contributed by atoms with Crippen LogP contribution in [0.4, 0.5) is 5.69 Å². The van der Waals surface area contributed by atoms with Gasteiger partial charge in [0, 0.05) is 16.8 Å².